The van der Waals surface area contributed by atoms with Crippen molar-refractivity contribution in [3.8, 4) is 0 Å². The molecule has 17 heavy (non-hydrogen) atoms. The molecule has 3 heteroatoms. The van der Waals surface area contributed by atoms with E-state index in [4.69, 9.17) is 0 Å². The molecule has 2 atom stereocenters. The number of rotatable bonds is 5. The highest BCUT2D eigenvalue weighted by Gasteiger charge is 2.40. The summed E-state index contributed by atoms with van der Waals surface area (Å²) in [6.45, 7) is 7.15. The number of hydrogen-bond donors (Lipinski definition) is 1. The van der Waals surface area contributed by atoms with Gasteiger partial charge in [-0.05, 0) is 44.1 Å². The van der Waals surface area contributed by atoms with E-state index < -0.39 is 12.0 Å². The van der Waals surface area contributed by atoms with Crippen LogP contribution in [0.1, 0.15) is 59.3 Å². The van der Waals surface area contributed by atoms with Crippen LogP contribution in [0.3, 0.4) is 0 Å². The SMILES string of the molecule is CCCNC1(C(F)F)CCCC(C(C)C)CC1. The maximum atomic E-state index is 13.3. The van der Waals surface area contributed by atoms with E-state index in [0.29, 0.717) is 31.2 Å². The van der Waals surface area contributed by atoms with Crippen LogP contribution in [-0.4, -0.2) is 18.5 Å². The number of nitrogens with one attached hydrogen (secondary N) is 1. The van der Waals surface area contributed by atoms with Crippen molar-refractivity contribution in [2.45, 2.75) is 71.3 Å². The highest BCUT2D eigenvalue weighted by atomic mass is 19.3. The van der Waals surface area contributed by atoms with Crippen molar-refractivity contribution in [1.82, 2.24) is 5.32 Å². The van der Waals surface area contributed by atoms with Crippen molar-refractivity contribution in [1.29, 1.82) is 0 Å². The van der Waals surface area contributed by atoms with Gasteiger partial charge in [0.25, 0.3) is 6.43 Å². The fourth-order valence-electron chi connectivity index (χ4n) is 2.90. The molecular weight excluding hydrogens is 220 g/mol. The summed E-state index contributed by atoms with van der Waals surface area (Å²) in [4.78, 5) is 0. The lowest BCUT2D eigenvalue weighted by Crippen LogP contribution is -2.51. The molecule has 0 spiro atoms. The first-order valence-corrected chi connectivity index (χ1v) is 7.05. The van der Waals surface area contributed by atoms with Crippen LogP contribution >= 0.6 is 0 Å². The minimum Gasteiger partial charge on any atom is -0.306 e. The Morgan fingerprint density at radius 1 is 1.24 bits per heavy atom. The van der Waals surface area contributed by atoms with Gasteiger partial charge < -0.3 is 5.32 Å². The minimum atomic E-state index is -2.24. The highest BCUT2D eigenvalue weighted by molar-refractivity contribution is 4.93. The quantitative estimate of drug-likeness (QED) is 0.717. The van der Waals surface area contributed by atoms with E-state index in [1.165, 1.54) is 0 Å². The first-order chi connectivity index (χ1) is 8.02. The Balaban J connectivity index is 2.65. The molecule has 0 aromatic rings. The topological polar surface area (TPSA) is 12.0 Å². The Bertz CT molecular complexity index is 218. The molecule has 1 rings (SSSR count). The molecule has 0 bridgehead atoms. The van der Waals surface area contributed by atoms with Crippen molar-refractivity contribution in [3.05, 3.63) is 0 Å². The summed E-state index contributed by atoms with van der Waals surface area (Å²) in [6.07, 6.45) is 2.94. The fraction of sp³-hybridized carbons (Fsp3) is 1.00. The van der Waals surface area contributed by atoms with E-state index in [0.717, 1.165) is 25.7 Å². The molecule has 102 valence electrons. The summed E-state index contributed by atoms with van der Waals surface area (Å²) in [5.41, 5.74) is -0.903. The van der Waals surface area contributed by atoms with Gasteiger partial charge in [0.05, 0.1) is 5.54 Å². The van der Waals surface area contributed by atoms with E-state index >= 15 is 0 Å². The van der Waals surface area contributed by atoms with Gasteiger partial charge in [-0.3, -0.25) is 0 Å². The van der Waals surface area contributed by atoms with Gasteiger partial charge in [-0.25, -0.2) is 8.78 Å². The Morgan fingerprint density at radius 3 is 2.47 bits per heavy atom. The van der Waals surface area contributed by atoms with Crippen LogP contribution in [0.2, 0.25) is 0 Å². The van der Waals surface area contributed by atoms with E-state index in [-0.39, 0.29) is 0 Å². The summed E-state index contributed by atoms with van der Waals surface area (Å²) >= 11 is 0. The molecule has 0 heterocycles. The maximum absolute atomic E-state index is 13.3. The second-order valence-corrected chi connectivity index (χ2v) is 5.82. The van der Waals surface area contributed by atoms with Gasteiger partial charge in [-0.2, -0.15) is 0 Å². The van der Waals surface area contributed by atoms with Crippen LogP contribution in [0.4, 0.5) is 8.78 Å². The smallest absolute Gasteiger partial charge is 0.256 e. The van der Waals surface area contributed by atoms with Gasteiger partial charge >= 0.3 is 0 Å². The summed E-state index contributed by atoms with van der Waals surface area (Å²) < 4.78 is 26.7. The summed E-state index contributed by atoms with van der Waals surface area (Å²) in [5, 5.41) is 3.13. The van der Waals surface area contributed by atoms with Crippen LogP contribution in [-0.2, 0) is 0 Å². The first kappa shape index (κ1) is 14.9. The Morgan fingerprint density at radius 2 is 1.94 bits per heavy atom. The molecule has 1 fully saturated rings. The third-order valence-electron chi connectivity index (χ3n) is 4.25. The average molecular weight is 247 g/mol. The normalized spacial score (nSPS) is 30.9. The predicted octanol–water partition coefficient (Wildman–Crippen LogP) is 4.23. The number of halogens is 2. The van der Waals surface area contributed by atoms with Crippen molar-refractivity contribution in [2.24, 2.45) is 11.8 Å². The summed E-state index contributed by atoms with van der Waals surface area (Å²) in [5.74, 6) is 1.24. The second-order valence-electron chi connectivity index (χ2n) is 5.82. The van der Waals surface area contributed by atoms with Crippen molar-refractivity contribution >= 4 is 0 Å². The van der Waals surface area contributed by atoms with Gasteiger partial charge in [-0.1, -0.05) is 33.6 Å². The highest BCUT2D eigenvalue weighted by Crippen LogP contribution is 2.37. The van der Waals surface area contributed by atoms with Crippen molar-refractivity contribution in [3.63, 3.8) is 0 Å². The molecule has 1 nitrogen and oxygen atoms in total. The van der Waals surface area contributed by atoms with Crippen molar-refractivity contribution < 1.29 is 8.78 Å². The lowest BCUT2D eigenvalue weighted by Gasteiger charge is -2.33. The summed E-state index contributed by atoms with van der Waals surface area (Å²) in [6, 6.07) is 0. The zero-order chi connectivity index (χ0) is 12.9. The predicted molar refractivity (Wildman–Crippen MR) is 68.4 cm³/mol. The molecule has 1 N–H and O–H groups in total. The zero-order valence-corrected chi connectivity index (χ0v) is 11.4. The molecule has 1 saturated carbocycles. The maximum Gasteiger partial charge on any atom is 0.256 e. The van der Waals surface area contributed by atoms with Crippen LogP contribution in [0.25, 0.3) is 0 Å². The van der Waals surface area contributed by atoms with Gasteiger partial charge in [-0.15, -0.1) is 0 Å². The molecule has 0 amide bonds. The third kappa shape index (κ3) is 3.90. The average Bonchev–Trinajstić information content (AvgIpc) is 2.49. The zero-order valence-electron chi connectivity index (χ0n) is 11.4. The van der Waals surface area contributed by atoms with E-state index in [9.17, 15) is 8.78 Å². The van der Waals surface area contributed by atoms with Crippen LogP contribution in [0.15, 0.2) is 0 Å². The number of alkyl halides is 2. The van der Waals surface area contributed by atoms with Crippen LogP contribution in [0, 0.1) is 11.8 Å². The minimum absolute atomic E-state index is 0.620. The fourth-order valence-corrected chi connectivity index (χ4v) is 2.90. The Labute approximate surface area is 104 Å². The molecule has 1 aliphatic carbocycles. The second kappa shape index (κ2) is 6.67. The van der Waals surface area contributed by atoms with E-state index in [2.05, 4.69) is 19.2 Å². The Hall–Kier alpha value is -0.180. The molecule has 0 radical (unpaired) electrons. The molecule has 0 aromatic heterocycles. The molecule has 1 aliphatic rings. The first-order valence-electron chi connectivity index (χ1n) is 7.05. The standard InChI is InChI=1S/C14H27F2N/c1-4-10-17-14(13(15)16)8-5-6-12(7-9-14)11(2)3/h11-13,17H,4-10H2,1-3H3. The number of hydrogen-bond acceptors (Lipinski definition) is 1. The molecular formula is C14H27F2N. The Kier molecular flexibility index (Phi) is 5.84. The molecule has 0 saturated heterocycles. The lowest BCUT2D eigenvalue weighted by atomic mass is 9.86. The van der Waals surface area contributed by atoms with Crippen LogP contribution in [0.5, 0.6) is 0 Å². The van der Waals surface area contributed by atoms with Gasteiger partial charge in [0.1, 0.15) is 0 Å². The van der Waals surface area contributed by atoms with Gasteiger partial charge in [0.15, 0.2) is 0 Å². The third-order valence-corrected chi connectivity index (χ3v) is 4.25. The monoisotopic (exact) mass is 247 g/mol. The molecule has 0 aromatic carbocycles. The van der Waals surface area contributed by atoms with E-state index in [1.807, 2.05) is 6.92 Å². The van der Waals surface area contributed by atoms with E-state index in [1.54, 1.807) is 0 Å². The van der Waals surface area contributed by atoms with Crippen molar-refractivity contribution in [2.75, 3.05) is 6.54 Å². The van der Waals surface area contributed by atoms with Gasteiger partial charge in [0, 0.05) is 0 Å². The van der Waals surface area contributed by atoms with Gasteiger partial charge in [0.2, 0.25) is 0 Å². The lowest BCUT2D eigenvalue weighted by molar-refractivity contribution is 0.0191. The summed E-state index contributed by atoms with van der Waals surface area (Å²) in [7, 11) is 0. The largest absolute Gasteiger partial charge is 0.306 e. The molecule has 2 unspecified atom stereocenters. The van der Waals surface area contributed by atoms with Crippen LogP contribution < -0.4 is 5.32 Å². The molecule has 0 aliphatic heterocycles.